The summed E-state index contributed by atoms with van der Waals surface area (Å²) in [6.07, 6.45) is -5.21. The average Bonchev–Trinajstić information content (AvgIpc) is 2.21. The monoisotopic (exact) mass is 329 g/mol. The molecule has 1 aromatic carbocycles. The van der Waals surface area contributed by atoms with Crippen LogP contribution in [0.25, 0.3) is 0 Å². The highest BCUT2D eigenvalue weighted by Gasteiger charge is 2.39. The largest absolute Gasteiger partial charge is 0.478 e. The second-order valence-electron chi connectivity index (χ2n) is 3.04. The maximum absolute atomic E-state index is 13.2. The highest BCUT2D eigenvalue weighted by molar-refractivity contribution is 9.10. The molecular formula is C9H4BrF4NO3. The number of carboxylic acids is 1. The van der Waals surface area contributed by atoms with E-state index in [4.69, 9.17) is 5.11 Å². The minimum absolute atomic E-state index is 0.182. The highest BCUT2D eigenvalue weighted by Crippen LogP contribution is 2.30. The molecule has 0 aliphatic rings. The number of carbonyl (C=O) groups excluding carboxylic acids is 1. The van der Waals surface area contributed by atoms with Gasteiger partial charge in [-0.05, 0) is 28.1 Å². The van der Waals surface area contributed by atoms with E-state index in [9.17, 15) is 27.2 Å². The zero-order valence-electron chi connectivity index (χ0n) is 8.31. The van der Waals surface area contributed by atoms with Gasteiger partial charge in [-0.15, -0.1) is 0 Å². The molecule has 0 radical (unpaired) electrons. The molecule has 0 fully saturated rings. The third kappa shape index (κ3) is 2.97. The molecule has 4 nitrogen and oxygen atoms in total. The first-order valence-electron chi connectivity index (χ1n) is 4.24. The molecule has 0 aromatic heterocycles. The Morgan fingerprint density at radius 3 is 2.28 bits per heavy atom. The molecule has 1 amide bonds. The van der Waals surface area contributed by atoms with Crippen LogP contribution < -0.4 is 5.32 Å². The molecule has 98 valence electrons. The third-order valence-electron chi connectivity index (χ3n) is 1.81. The molecule has 0 saturated carbocycles. The van der Waals surface area contributed by atoms with Crippen LogP contribution in [-0.4, -0.2) is 23.2 Å². The van der Waals surface area contributed by atoms with Gasteiger partial charge in [-0.2, -0.15) is 13.2 Å². The summed E-state index contributed by atoms with van der Waals surface area (Å²) in [5.74, 6) is -5.45. The molecule has 18 heavy (non-hydrogen) atoms. The normalized spacial score (nSPS) is 11.2. The van der Waals surface area contributed by atoms with Gasteiger partial charge >= 0.3 is 18.1 Å². The van der Waals surface area contributed by atoms with Crippen LogP contribution in [0.4, 0.5) is 23.2 Å². The lowest BCUT2D eigenvalue weighted by molar-refractivity contribution is -0.167. The topological polar surface area (TPSA) is 66.4 Å². The lowest BCUT2D eigenvalue weighted by Gasteiger charge is -2.12. The Morgan fingerprint density at radius 1 is 1.28 bits per heavy atom. The first-order chi connectivity index (χ1) is 8.14. The third-order valence-corrected chi connectivity index (χ3v) is 2.47. The van der Waals surface area contributed by atoms with Crippen molar-refractivity contribution in [3.63, 3.8) is 0 Å². The van der Waals surface area contributed by atoms with Gasteiger partial charge in [0, 0.05) is 4.47 Å². The number of aromatic carboxylic acids is 1. The Balaban J connectivity index is 3.28. The van der Waals surface area contributed by atoms with Gasteiger partial charge in [-0.3, -0.25) is 4.79 Å². The molecular weight excluding hydrogens is 326 g/mol. The van der Waals surface area contributed by atoms with Gasteiger partial charge in [0.05, 0.1) is 5.69 Å². The standard InChI is InChI=1S/C9H4BrF4NO3/c10-3-1-2-4(11)5(7(16)17)6(3)15-8(18)9(12,13)14/h1-2H,(H,15,18)(H,16,17). The van der Waals surface area contributed by atoms with Crippen LogP contribution in [0, 0.1) is 5.82 Å². The Hall–Kier alpha value is -1.64. The number of carbonyl (C=O) groups is 2. The first-order valence-corrected chi connectivity index (χ1v) is 5.03. The van der Waals surface area contributed by atoms with E-state index >= 15 is 0 Å². The van der Waals surface area contributed by atoms with Crippen molar-refractivity contribution < 1.29 is 32.3 Å². The summed E-state index contributed by atoms with van der Waals surface area (Å²) < 4.78 is 49.1. The van der Waals surface area contributed by atoms with Crippen molar-refractivity contribution in [2.75, 3.05) is 5.32 Å². The molecule has 2 N–H and O–H groups in total. The van der Waals surface area contributed by atoms with Crippen molar-refractivity contribution in [3.05, 3.63) is 28.0 Å². The second kappa shape index (κ2) is 4.92. The maximum atomic E-state index is 13.2. The first kappa shape index (κ1) is 14.4. The number of hydrogen-bond acceptors (Lipinski definition) is 2. The number of rotatable bonds is 2. The molecule has 0 saturated heterocycles. The summed E-state index contributed by atoms with van der Waals surface area (Å²) in [5.41, 5.74) is -1.84. The minimum Gasteiger partial charge on any atom is -0.478 e. The molecule has 0 aliphatic heterocycles. The predicted molar refractivity (Wildman–Crippen MR) is 55.7 cm³/mol. The quantitative estimate of drug-likeness (QED) is 0.820. The average molecular weight is 330 g/mol. The molecule has 0 aliphatic carbocycles. The van der Waals surface area contributed by atoms with E-state index in [0.717, 1.165) is 12.1 Å². The number of amides is 1. The van der Waals surface area contributed by atoms with Crippen LogP contribution in [0.3, 0.4) is 0 Å². The summed E-state index contributed by atoms with van der Waals surface area (Å²) in [5, 5.41) is 10.0. The van der Waals surface area contributed by atoms with E-state index in [2.05, 4.69) is 15.9 Å². The van der Waals surface area contributed by atoms with E-state index in [1.165, 1.54) is 5.32 Å². The zero-order chi connectivity index (χ0) is 14.1. The van der Waals surface area contributed by atoms with Crippen molar-refractivity contribution in [2.45, 2.75) is 6.18 Å². The number of hydrogen-bond donors (Lipinski definition) is 2. The van der Waals surface area contributed by atoms with Crippen molar-refractivity contribution in [1.82, 2.24) is 0 Å². The van der Waals surface area contributed by atoms with E-state index in [1.54, 1.807) is 0 Å². The Kier molecular flexibility index (Phi) is 3.95. The van der Waals surface area contributed by atoms with Crippen LogP contribution in [0.2, 0.25) is 0 Å². The van der Waals surface area contributed by atoms with Crippen LogP contribution in [0.1, 0.15) is 10.4 Å². The van der Waals surface area contributed by atoms with Crippen LogP contribution in [0.15, 0.2) is 16.6 Å². The Labute approximate surface area is 106 Å². The van der Waals surface area contributed by atoms with Crippen LogP contribution >= 0.6 is 15.9 Å². The second-order valence-corrected chi connectivity index (χ2v) is 3.89. The Morgan fingerprint density at radius 2 is 1.83 bits per heavy atom. The highest BCUT2D eigenvalue weighted by atomic mass is 79.9. The van der Waals surface area contributed by atoms with Gasteiger partial charge < -0.3 is 10.4 Å². The zero-order valence-corrected chi connectivity index (χ0v) is 9.89. The summed E-state index contributed by atoms with van der Waals surface area (Å²) >= 11 is 2.73. The van der Waals surface area contributed by atoms with Crippen LogP contribution in [-0.2, 0) is 4.79 Å². The molecule has 9 heteroatoms. The number of benzene rings is 1. The minimum atomic E-state index is -5.21. The van der Waals surface area contributed by atoms with Crippen LogP contribution in [0.5, 0.6) is 0 Å². The molecule has 0 heterocycles. The van der Waals surface area contributed by atoms with Crippen molar-refractivity contribution in [3.8, 4) is 0 Å². The number of alkyl halides is 3. The predicted octanol–water partition coefficient (Wildman–Crippen LogP) is 2.79. The smallest absolute Gasteiger partial charge is 0.471 e. The maximum Gasteiger partial charge on any atom is 0.471 e. The van der Waals surface area contributed by atoms with Gasteiger partial charge in [-0.1, -0.05) is 0 Å². The van der Waals surface area contributed by atoms with Crippen molar-refractivity contribution in [1.29, 1.82) is 0 Å². The molecule has 0 bridgehead atoms. The van der Waals surface area contributed by atoms with Gasteiger partial charge in [0.25, 0.3) is 0 Å². The number of carboxylic acid groups (broad SMARTS) is 1. The summed E-state index contributed by atoms with van der Waals surface area (Å²) in [6, 6.07) is 1.73. The Bertz CT molecular complexity index is 515. The molecule has 0 atom stereocenters. The number of anilines is 1. The van der Waals surface area contributed by atoms with E-state index in [-0.39, 0.29) is 4.47 Å². The van der Waals surface area contributed by atoms with Crippen molar-refractivity contribution in [2.24, 2.45) is 0 Å². The lowest BCUT2D eigenvalue weighted by Crippen LogP contribution is -2.31. The fourth-order valence-corrected chi connectivity index (χ4v) is 1.50. The molecule has 1 aromatic rings. The van der Waals surface area contributed by atoms with E-state index in [1.807, 2.05) is 0 Å². The van der Waals surface area contributed by atoms with Gasteiger partial charge in [-0.25, -0.2) is 9.18 Å². The van der Waals surface area contributed by atoms with E-state index in [0.29, 0.717) is 0 Å². The fourth-order valence-electron chi connectivity index (χ4n) is 1.07. The SMILES string of the molecule is O=C(O)c1c(F)ccc(Br)c1NC(=O)C(F)(F)F. The van der Waals surface area contributed by atoms with Gasteiger partial charge in [0.2, 0.25) is 0 Å². The summed E-state index contributed by atoms with van der Waals surface area (Å²) in [4.78, 5) is 21.4. The molecule has 1 rings (SSSR count). The van der Waals surface area contributed by atoms with Gasteiger partial charge in [0.1, 0.15) is 11.4 Å². The summed E-state index contributed by atoms with van der Waals surface area (Å²) in [7, 11) is 0. The number of nitrogens with one attached hydrogen (secondary N) is 1. The number of halogens is 5. The van der Waals surface area contributed by atoms with Gasteiger partial charge in [0.15, 0.2) is 0 Å². The fraction of sp³-hybridized carbons (Fsp3) is 0.111. The molecule has 0 unspecified atom stereocenters. The van der Waals surface area contributed by atoms with E-state index < -0.39 is 35.1 Å². The van der Waals surface area contributed by atoms with Crippen molar-refractivity contribution >= 4 is 33.5 Å². The lowest BCUT2D eigenvalue weighted by atomic mass is 10.1. The summed E-state index contributed by atoms with van der Waals surface area (Å²) in [6.45, 7) is 0. The molecule has 0 spiro atoms.